The van der Waals surface area contributed by atoms with Crippen LogP contribution in [0.5, 0.6) is 0 Å². The molecule has 1 aliphatic carbocycles. The molecule has 3 aromatic heterocycles. The number of carbonyl (C=O) groups excluding carboxylic acids is 2. The first-order chi connectivity index (χ1) is 16.5. The van der Waals surface area contributed by atoms with Crippen molar-refractivity contribution in [3.8, 4) is 11.3 Å². The number of ketones is 1. The number of pyridine rings is 2. The van der Waals surface area contributed by atoms with Crippen molar-refractivity contribution in [3.05, 3.63) is 42.6 Å². The summed E-state index contributed by atoms with van der Waals surface area (Å²) in [6.07, 6.45) is 10.9. The highest BCUT2D eigenvalue weighted by molar-refractivity contribution is 5.87. The number of aromatic nitrogens is 4. The Balaban J connectivity index is 1.20. The summed E-state index contributed by atoms with van der Waals surface area (Å²) in [5.74, 6) is 0.620. The van der Waals surface area contributed by atoms with E-state index in [0.717, 1.165) is 79.6 Å². The summed E-state index contributed by atoms with van der Waals surface area (Å²) in [5.41, 5.74) is 2.60. The van der Waals surface area contributed by atoms with E-state index in [9.17, 15) is 9.59 Å². The highest BCUT2D eigenvalue weighted by Crippen LogP contribution is 2.32. The molecule has 4 heterocycles. The van der Waals surface area contributed by atoms with E-state index in [1.54, 1.807) is 17.1 Å². The van der Waals surface area contributed by atoms with Crippen molar-refractivity contribution in [1.82, 2.24) is 29.5 Å². The molecule has 5 rings (SSSR count). The lowest BCUT2D eigenvalue weighted by Crippen LogP contribution is -2.49. The number of fused-ring (bicyclic) bond motifs is 1. The molecule has 0 spiro atoms. The molecule has 8 heteroatoms. The summed E-state index contributed by atoms with van der Waals surface area (Å²) in [6, 6.07) is 4.02. The number of hydrogen-bond donors (Lipinski definition) is 0. The molecule has 0 aromatic carbocycles. The average molecular weight is 461 g/mol. The highest BCUT2D eigenvalue weighted by atomic mass is 16.2. The fourth-order valence-corrected chi connectivity index (χ4v) is 5.16. The van der Waals surface area contributed by atoms with Crippen LogP contribution in [0.1, 0.15) is 31.4 Å². The predicted octanol–water partition coefficient (Wildman–Crippen LogP) is 2.72. The van der Waals surface area contributed by atoms with Crippen LogP contribution < -0.4 is 0 Å². The number of hydrogen-bond acceptors (Lipinski definition) is 6. The third-order valence-electron chi connectivity index (χ3n) is 7.36. The van der Waals surface area contributed by atoms with Gasteiger partial charge in [-0.3, -0.25) is 24.2 Å². The molecule has 2 aliphatic rings. The molecule has 1 aliphatic heterocycles. The number of nitrogens with zero attached hydrogens (tertiary/aromatic N) is 6. The van der Waals surface area contributed by atoms with Crippen molar-refractivity contribution in [2.75, 3.05) is 33.2 Å². The van der Waals surface area contributed by atoms with Crippen molar-refractivity contribution in [2.45, 2.75) is 32.1 Å². The van der Waals surface area contributed by atoms with Gasteiger partial charge in [-0.25, -0.2) is 0 Å². The van der Waals surface area contributed by atoms with Gasteiger partial charge in [0.05, 0.1) is 11.9 Å². The molecular formula is C26H32N6O2. The van der Waals surface area contributed by atoms with Crippen LogP contribution >= 0.6 is 0 Å². The van der Waals surface area contributed by atoms with Crippen LogP contribution in [0.25, 0.3) is 22.0 Å². The Kier molecular flexibility index (Phi) is 6.41. The number of rotatable bonds is 5. The average Bonchev–Trinajstić information content (AvgIpc) is 3.30. The molecule has 1 saturated carbocycles. The quantitative estimate of drug-likeness (QED) is 0.582. The van der Waals surface area contributed by atoms with E-state index < -0.39 is 0 Å². The first-order valence-corrected chi connectivity index (χ1v) is 12.2. The minimum atomic E-state index is 0.0254. The zero-order valence-corrected chi connectivity index (χ0v) is 20.0. The third kappa shape index (κ3) is 4.87. The van der Waals surface area contributed by atoms with Gasteiger partial charge in [-0.2, -0.15) is 5.10 Å². The van der Waals surface area contributed by atoms with Crippen molar-refractivity contribution in [2.24, 2.45) is 18.9 Å². The maximum absolute atomic E-state index is 13.0. The fourth-order valence-electron chi connectivity index (χ4n) is 5.16. The van der Waals surface area contributed by atoms with Gasteiger partial charge in [0, 0.05) is 86.7 Å². The monoisotopic (exact) mass is 460 g/mol. The lowest BCUT2D eigenvalue weighted by Gasteiger charge is -2.36. The third-order valence-corrected chi connectivity index (χ3v) is 7.36. The first-order valence-electron chi connectivity index (χ1n) is 12.2. The summed E-state index contributed by atoms with van der Waals surface area (Å²) >= 11 is 0. The summed E-state index contributed by atoms with van der Waals surface area (Å²) in [5, 5.41) is 6.19. The van der Waals surface area contributed by atoms with E-state index in [1.807, 2.05) is 36.5 Å². The minimum Gasteiger partial charge on any atom is -0.340 e. The summed E-state index contributed by atoms with van der Waals surface area (Å²) in [4.78, 5) is 39.2. The Morgan fingerprint density at radius 1 is 0.882 bits per heavy atom. The Morgan fingerprint density at radius 3 is 2.29 bits per heavy atom. The zero-order valence-electron chi connectivity index (χ0n) is 20.0. The van der Waals surface area contributed by atoms with E-state index in [1.165, 1.54) is 0 Å². The van der Waals surface area contributed by atoms with Crippen LogP contribution in [-0.2, 0) is 23.1 Å². The van der Waals surface area contributed by atoms with Crippen LogP contribution in [0.3, 0.4) is 0 Å². The topological polar surface area (TPSA) is 84.2 Å². The lowest BCUT2D eigenvalue weighted by molar-refractivity contribution is -0.139. The molecule has 0 bridgehead atoms. The van der Waals surface area contributed by atoms with E-state index in [-0.39, 0.29) is 23.5 Å². The minimum absolute atomic E-state index is 0.0254. The van der Waals surface area contributed by atoms with Gasteiger partial charge >= 0.3 is 0 Å². The Bertz CT molecular complexity index is 1190. The number of amides is 1. The molecule has 0 N–H and O–H groups in total. The smallest absolute Gasteiger partial charge is 0.225 e. The summed E-state index contributed by atoms with van der Waals surface area (Å²) in [7, 11) is 3.98. The van der Waals surface area contributed by atoms with Gasteiger partial charge in [0.1, 0.15) is 5.78 Å². The molecule has 34 heavy (non-hydrogen) atoms. The zero-order chi connectivity index (χ0) is 23.7. The number of piperazine rings is 1. The van der Waals surface area contributed by atoms with Gasteiger partial charge in [0.2, 0.25) is 5.91 Å². The first kappa shape index (κ1) is 22.7. The summed E-state index contributed by atoms with van der Waals surface area (Å²) in [6.45, 7) is 3.52. The van der Waals surface area contributed by atoms with E-state index in [2.05, 4.69) is 27.0 Å². The molecule has 0 radical (unpaired) electrons. The normalized spacial score (nSPS) is 21.6. The standard InChI is InChI=1S/C26H32N6O2/c1-30-7-9-32(10-8-30)26(34)19-5-3-18(4-6-19)25(33)13-23-11-20-12-24(22-16-29-31(2)17-22)28-15-21(20)14-27-23/h11-12,14-19H,3-10,13H2,1-2H3. The second-order valence-electron chi connectivity index (χ2n) is 9.82. The molecule has 0 unspecified atom stereocenters. The van der Waals surface area contributed by atoms with Crippen LogP contribution in [-0.4, -0.2) is 74.5 Å². The van der Waals surface area contributed by atoms with Crippen LogP contribution in [0.2, 0.25) is 0 Å². The largest absolute Gasteiger partial charge is 0.340 e. The van der Waals surface area contributed by atoms with Crippen molar-refractivity contribution in [3.63, 3.8) is 0 Å². The molecule has 1 amide bonds. The molecule has 3 aromatic rings. The SMILES string of the molecule is CN1CCN(C(=O)C2CCC(C(=O)Cc3cc4cc(-c5cnn(C)c5)ncc4cn3)CC2)CC1. The van der Waals surface area contributed by atoms with E-state index in [4.69, 9.17) is 0 Å². The molecule has 0 atom stereocenters. The lowest BCUT2D eigenvalue weighted by atomic mass is 9.78. The number of carbonyl (C=O) groups is 2. The van der Waals surface area contributed by atoms with Crippen molar-refractivity contribution in [1.29, 1.82) is 0 Å². The van der Waals surface area contributed by atoms with Gasteiger partial charge in [0.25, 0.3) is 0 Å². The maximum Gasteiger partial charge on any atom is 0.225 e. The van der Waals surface area contributed by atoms with Crippen LogP contribution in [0.4, 0.5) is 0 Å². The molecule has 2 fully saturated rings. The summed E-state index contributed by atoms with van der Waals surface area (Å²) < 4.78 is 1.76. The molecular weight excluding hydrogens is 428 g/mol. The van der Waals surface area contributed by atoms with Gasteiger partial charge in [-0.1, -0.05) is 0 Å². The van der Waals surface area contributed by atoms with Crippen molar-refractivity contribution >= 4 is 22.5 Å². The second-order valence-corrected chi connectivity index (χ2v) is 9.82. The predicted molar refractivity (Wildman–Crippen MR) is 130 cm³/mol. The van der Waals surface area contributed by atoms with Crippen LogP contribution in [0.15, 0.2) is 36.9 Å². The second kappa shape index (κ2) is 9.62. The fraction of sp³-hybridized carbons (Fsp3) is 0.500. The Labute approximate surface area is 200 Å². The highest BCUT2D eigenvalue weighted by Gasteiger charge is 2.33. The van der Waals surface area contributed by atoms with E-state index >= 15 is 0 Å². The molecule has 8 nitrogen and oxygen atoms in total. The van der Waals surface area contributed by atoms with Gasteiger partial charge in [0.15, 0.2) is 0 Å². The Morgan fingerprint density at radius 2 is 1.59 bits per heavy atom. The van der Waals surface area contributed by atoms with Crippen LogP contribution in [0, 0.1) is 11.8 Å². The Hall–Kier alpha value is -3.13. The number of aryl methyl sites for hydroxylation is 1. The van der Waals surface area contributed by atoms with Gasteiger partial charge in [-0.05, 0) is 50.2 Å². The molecule has 178 valence electrons. The van der Waals surface area contributed by atoms with Gasteiger partial charge in [-0.15, -0.1) is 0 Å². The number of Topliss-reactive ketones (excluding diaryl/α,β-unsaturated/α-hetero) is 1. The number of likely N-dealkylation sites (N-methyl/N-ethyl adjacent to an activating group) is 1. The van der Waals surface area contributed by atoms with Gasteiger partial charge < -0.3 is 9.80 Å². The molecule has 1 saturated heterocycles. The van der Waals surface area contributed by atoms with E-state index in [0.29, 0.717) is 6.42 Å². The van der Waals surface area contributed by atoms with Crippen molar-refractivity contribution < 1.29 is 9.59 Å². The maximum atomic E-state index is 13.0.